The van der Waals surface area contributed by atoms with E-state index in [1.807, 2.05) is 19.1 Å². The first kappa shape index (κ1) is 13.6. The predicted molar refractivity (Wildman–Crippen MR) is 82.5 cm³/mol. The highest BCUT2D eigenvalue weighted by Gasteiger charge is 2.65. The molecule has 0 aromatic heterocycles. The van der Waals surface area contributed by atoms with Crippen molar-refractivity contribution in [3.8, 4) is 0 Å². The first-order chi connectivity index (χ1) is 10.1. The Morgan fingerprint density at radius 3 is 2.29 bits per heavy atom. The van der Waals surface area contributed by atoms with Crippen molar-refractivity contribution in [1.29, 1.82) is 0 Å². The van der Waals surface area contributed by atoms with E-state index in [0.29, 0.717) is 16.7 Å². The van der Waals surface area contributed by atoms with Gasteiger partial charge < -0.3 is 5.32 Å². The summed E-state index contributed by atoms with van der Waals surface area (Å²) in [5.41, 5.74) is 0.956. The van der Waals surface area contributed by atoms with Crippen LogP contribution in [0.5, 0.6) is 0 Å². The van der Waals surface area contributed by atoms with Crippen molar-refractivity contribution < 1.29 is 8.42 Å². The van der Waals surface area contributed by atoms with E-state index >= 15 is 0 Å². The van der Waals surface area contributed by atoms with Crippen LogP contribution in [0.3, 0.4) is 0 Å². The molecule has 2 N–H and O–H groups in total. The molecular weight excluding hydrogens is 284 g/mol. The standard InChI is InChI=1S/C16H22N2O2S/c1-2-17-12-5-7-13(8-6-12)21(19,20)18-16-14-10-3-4-11(9-10)15(14)16/h5-8,10-11,14-18H,2-4,9H2,1H3. The summed E-state index contributed by atoms with van der Waals surface area (Å²) in [5, 5.41) is 3.18. The molecule has 4 nitrogen and oxygen atoms in total. The summed E-state index contributed by atoms with van der Waals surface area (Å²) < 4.78 is 27.9. The van der Waals surface area contributed by atoms with Crippen LogP contribution in [0.25, 0.3) is 0 Å². The van der Waals surface area contributed by atoms with Gasteiger partial charge in [-0.2, -0.15) is 0 Å². The van der Waals surface area contributed by atoms with E-state index in [-0.39, 0.29) is 6.04 Å². The molecule has 4 unspecified atom stereocenters. The van der Waals surface area contributed by atoms with E-state index in [0.717, 1.165) is 24.1 Å². The molecule has 114 valence electrons. The summed E-state index contributed by atoms with van der Waals surface area (Å²) in [4.78, 5) is 0.376. The zero-order valence-corrected chi connectivity index (χ0v) is 13.1. The van der Waals surface area contributed by atoms with Crippen LogP contribution in [0.1, 0.15) is 26.2 Å². The molecule has 0 heterocycles. The summed E-state index contributed by atoms with van der Waals surface area (Å²) in [7, 11) is -3.37. The van der Waals surface area contributed by atoms with E-state index < -0.39 is 10.0 Å². The van der Waals surface area contributed by atoms with Crippen LogP contribution in [-0.2, 0) is 10.0 Å². The monoisotopic (exact) mass is 306 g/mol. The fourth-order valence-corrected chi connectivity index (χ4v) is 5.99. The van der Waals surface area contributed by atoms with Gasteiger partial charge in [-0.1, -0.05) is 0 Å². The molecule has 3 aliphatic carbocycles. The van der Waals surface area contributed by atoms with Crippen molar-refractivity contribution in [3.05, 3.63) is 24.3 Å². The third kappa shape index (κ3) is 2.18. The van der Waals surface area contributed by atoms with Crippen LogP contribution < -0.4 is 10.0 Å². The van der Waals surface area contributed by atoms with Crippen LogP contribution in [0.4, 0.5) is 5.69 Å². The van der Waals surface area contributed by atoms with Crippen molar-refractivity contribution in [3.63, 3.8) is 0 Å². The molecular formula is C16H22N2O2S. The van der Waals surface area contributed by atoms with Crippen LogP contribution in [-0.4, -0.2) is 21.0 Å². The van der Waals surface area contributed by atoms with Gasteiger partial charge in [-0.25, -0.2) is 13.1 Å². The van der Waals surface area contributed by atoms with Gasteiger partial charge in [-0.3, -0.25) is 0 Å². The maximum absolute atomic E-state index is 12.5. The predicted octanol–water partition coefficient (Wildman–Crippen LogP) is 2.44. The molecule has 1 aromatic carbocycles. The molecule has 0 amide bonds. The quantitative estimate of drug-likeness (QED) is 0.878. The minimum absolute atomic E-state index is 0.203. The number of rotatable bonds is 5. The van der Waals surface area contributed by atoms with Crippen molar-refractivity contribution >= 4 is 15.7 Å². The highest BCUT2D eigenvalue weighted by atomic mass is 32.2. The zero-order valence-electron chi connectivity index (χ0n) is 12.2. The van der Waals surface area contributed by atoms with E-state index in [2.05, 4.69) is 10.0 Å². The average molecular weight is 306 g/mol. The molecule has 0 aliphatic heterocycles. The van der Waals surface area contributed by atoms with Gasteiger partial charge in [0.05, 0.1) is 4.90 Å². The van der Waals surface area contributed by atoms with Crippen molar-refractivity contribution in [2.24, 2.45) is 23.7 Å². The number of fused-ring (bicyclic) bond motifs is 5. The lowest BCUT2D eigenvalue weighted by molar-refractivity contribution is 0.456. The maximum atomic E-state index is 12.5. The van der Waals surface area contributed by atoms with Gasteiger partial charge in [0, 0.05) is 18.3 Å². The second-order valence-electron chi connectivity index (χ2n) is 6.69. The Balaban J connectivity index is 1.47. The second kappa shape index (κ2) is 4.71. The van der Waals surface area contributed by atoms with Crippen LogP contribution >= 0.6 is 0 Å². The van der Waals surface area contributed by atoms with Crippen LogP contribution in [0.15, 0.2) is 29.2 Å². The normalized spacial score (nSPS) is 36.5. The van der Waals surface area contributed by atoms with E-state index in [1.165, 1.54) is 19.3 Å². The Morgan fingerprint density at radius 1 is 1.10 bits per heavy atom. The fraction of sp³-hybridized carbons (Fsp3) is 0.625. The Bertz CT molecular complexity index is 625. The highest BCUT2D eigenvalue weighted by molar-refractivity contribution is 7.89. The number of hydrogen-bond acceptors (Lipinski definition) is 3. The zero-order chi connectivity index (χ0) is 14.6. The number of hydrogen-bond donors (Lipinski definition) is 2. The fourth-order valence-electron chi connectivity index (χ4n) is 4.69. The molecule has 3 saturated carbocycles. The van der Waals surface area contributed by atoms with Crippen LogP contribution in [0, 0.1) is 23.7 Å². The molecule has 3 fully saturated rings. The summed E-state index contributed by atoms with van der Waals surface area (Å²) in [6.45, 7) is 2.85. The molecule has 0 spiro atoms. The van der Waals surface area contributed by atoms with Gasteiger partial charge in [-0.15, -0.1) is 0 Å². The summed E-state index contributed by atoms with van der Waals surface area (Å²) in [6.07, 6.45) is 3.95. The minimum atomic E-state index is -3.37. The number of nitrogens with one attached hydrogen (secondary N) is 2. The van der Waals surface area contributed by atoms with Gasteiger partial charge in [0.15, 0.2) is 0 Å². The summed E-state index contributed by atoms with van der Waals surface area (Å²) in [6, 6.07) is 7.24. The molecule has 4 rings (SSSR count). The van der Waals surface area contributed by atoms with Gasteiger partial charge in [0.25, 0.3) is 0 Å². The molecule has 1 aromatic rings. The number of anilines is 1. The Hall–Kier alpha value is -1.07. The topological polar surface area (TPSA) is 58.2 Å². The molecule has 3 aliphatic rings. The summed E-state index contributed by atoms with van der Waals surface area (Å²) >= 11 is 0. The molecule has 0 radical (unpaired) electrons. The Morgan fingerprint density at radius 2 is 1.71 bits per heavy atom. The lowest BCUT2D eigenvalue weighted by Gasteiger charge is -2.12. The second-order valence-corrected chi connectivity index (χ2v) is 8.40. The van der Waals surface area contributed by atoms with E-state index in [1.54, 1.807) is 12.1 Å². The first-order valence-corrected chi connectivity index (χ1v) is 9.45. The van der Waals surface area contributed by atoms with Gasteiger partial charge in [0.2, 0.25) is 10.0 Å². The molecule has 5 heteroatoms. The van der Waals surface area contributed by atoms with E-state index in [4.69, 9.17) is 0 Å². The largest absolute Gasteiger partial charge is 0.385 e. The SMILES string of the molecule is CCNc1ccc(S(=O)(=O)NC2C3C4CCC(C4)C23)cc1. The van der Waals surface area contributed by atoms with E-state index in [9.17, 15) is 8.42 Å². The van der Waals surface area contributed by atoms with Crippen molar-refractivity contribution in [2.45, 2.75) is 37.1 Å². The lowest BCUT2D eigenvalue weighted by atomic mass is 10.0. The molecule has 4 atom stereocenters. The highest BCUT2D eigenvalue weighted by Crippen LogP contribution is 2.65. The van der Waals surface area contributed by atoms with Gasteiger partial charge in [0.1, 0.15) is 0 Å². The minimum Gasteiger partial charge on any atom is -0.385 e. The molecule has 21 heavy (non-hydrogen) atoms. The van der Waals surface area contributed by atoms with Gasteiger partial charge in [-0.05, 0) is 74.1 Å². The average Bonchev–Trinajstić information content (AvgIpc) is 2.85. The maximum Gasteiger partial charge on any atom is 0.240 e. The Kier molecular flexibility index (Phi) is 3.05. The number of benzene rings is 1. The number of sulfonamides is 1. The van der Waals surface area contributed by atoms with Gasteiger partial charge >= 0.3 is 0 Å². The van der Waals surface area contributed by atoms with Crippen molar-refractivity contribution in [1.82, 2.24) is 4.72 Å². The Labute approximate surface area is 126 Å². The third-order valence-electron chi connectivity index (χ3n) is 5.57. The lowest BCUT2D eigenvalue weighted by Crippen LogP contribution is -2.30. The van der Waals surface area contributed by atoms with Crippen LogP contribution in [0.2, 0.25) is 0 Å². The first-order valence-electron chi connectivity index (χ1n) is 7.96. The smallest absolute Gasteiger partial charge is 0.240 e. The summed E-state index contributed by atoms with van der Waals surface area (Å²) in [5.74, 6) is 2.81. The molecule has 2 bridgehead atoms. The van der Waals surface area contributed by atoms with Crippen molar-refractivity contribution in [2.75, 3.05) is 11.9 Å². The third-order valence-corrected chi connectivity index (χ3v) is 7.05. The molecule has 0 saturated heterocycles.